The van der Waals surface area contributed by atoms with Crippen molar-refractivity contribution in [1.29, 1.82) is 0 Å². The topological polar surface area (TPSA) is 37.8 Å². The highest BCUT2D eigenvalue weighted by molar-refractivity contribution is 5.07. The fourth-order valence-electron chi connectivity index (χ4n) is 1.69. The number of hydrogen-bond acceptors (Lipinski definition) is 3. The van der Waals surface area contributed by atoms with E-state index in [1.165, 1.54) is 6.42 Å². The molecule has 1 aromatic rings. The largest absolute Gasteiger partial charge is 0.312 e. The third-order valence-electron chi connectivity index (χ3n) is 2.69. The Morgan fingerprint density at radius 3 is 2.56 bits per heavy atom. The normalized spacial score (nSPS) is 13.8. The first kappa shape index (κ1) is 13.1. The molecule has 0 saturated carbocycles. The Balaban J connectivity index is 2.68. The minimum absolute atomic E-state index is 0.334. The first-order chi connectivity index (χ1) is 7.42. The molecule has 0 spiro atoms. The van der Waals surface area contributed by atoms with Crippen molar-refractivity contribution in [2.45, 2.75) is 46.6 Å². The van der Waals surface area contributed by atoms with E-state index < -0.39 is 0 Å². The monoisotopic (exact) mass is 221 g/mol. The molecule has 0 aliphatic heterocycles. The van der Waals surface area contributed by atoms with Crippen LogP contribution in [0.1, 0.15) is 51.2 Å². The molecule has 90 valence electrons. The van der Waals surface area contributed by atoms with Gasteiger partial charge in [-0.3, -0.25) is 0 Å². The Morgan fingerprint density at radius 1 is 1.38 bits per heavy atom. The zero-order valence-electron chi connectivity index (χ0n) is 11.0. The zero-order valence-corrected chi connectivity index (χ0v) is 11.0. The lowest BCUT2D eigenvalue weighted by Crippen LogP contribution is -2.20. The molecule has 0 amide bonds. The summed E-state index contributed by atoms with van der Waals surface area (Å²) in [5.41, 5.74) is 1.47. The highest BCUT2D eigenvalue weighted by Crippen LogP contribution is 2.26. The molecule has 1 aromatic heterocycles. The Hall–Kier alpha value is -0.960. The van der Waals surface area contributed by atoms with Crippen molar-refractivity contribution < 1.29 is 0 Å². The second-order valence-corrected chi connectivity index (χ2v) is 5.47. The molecule has 1 atom stereocenters. The Bertz CT molecular complexity index is 328. The summed E-state index contributed by atoms with van der Waals surface area (Å²) >= 11 is 0. The maximum Gasteiger partial charge on any atom is 0.125 e. The predicted molar refractivity (Wildman–Crippen MR) is 67.3 cm³/mol. The van der Waals surface area contributed by atoms with Crippen LogP contribution < -0.4 is 5.32 Å². The summed E-state index contributed by atoms with van der Waals surface area (Å²) in [4.78, 5) is 8.60. The van der Waals surface area contributed by atoms with Crippen molar-refractivity contribution in [2.24, 2.45) is 5.41 Å². The number of rotatable bonds is 4. The molecule has 1 heterocycles. The van der Waals surface area contributed by atoms with Gasteiger partial charge in [-0.2, -0.15) is 0 Å². The van der Waals surface area contributed by atoms with E-state index in [-0.39, 0.29) is 0 Å². The molecule has 0 fully saturated rings. The Kier molecular flexibility index (Phi) is 4.42. The van der Waals surface area contributed by atoms with E-state index in [2.05, 4.69) is 36.1 Å². The highest BCUT2D eigenvalue weighted by atomic mass is 14.9. The van der Waals surface area contributed by atoms with Crippen molar-refractivity contribution in [1.82, 2.24) is 15.3 Å². The van der Waals surface area contributed by atoms with E-state index in [1.807, 2.05) is 26.2 Å². The van der Waals surface area contributed by atoms with E-state index in [9.17, 15) is 0 Å². The predicted octanol–water partition coefficient (Wildman–Crippen LogP) is 2.87. The van der Waals surface area contributed by atoms with Crippen LogP contribution in [-0.4, -0.2) is 17.0 Å². The Morgan fingerprint density at radius 2 is 2.06 bits per heavy atom. The molecule has 3 heteroatoms. The molecule has 0 saturated heterocycles. The fraction of sp³-hybridized carbons (Fsp3) is 0.692. The van der Waals surface area contributed by atoms with Crippen LogP contribution in [0, 0.1) is 12.3 Å². The number of aromatic nitrogens is 2. The average molecular weight is 221 g/mol. The molecule has 0 aliphatic rings. The first-order valence-corrected chi connectivity index (χ1v) is 5.89. The second-order valence-electron chi connectivity index (χ2n) is 5.47. The molecular formula is C13H23N3. The smallest absolute Gasteiger partial charge is 0.125 e. The van der Waals surface area contributed by atoms with E-state index in [4.69, 9.17) is 0 Å². The maximum absolute atomic E-state index is 4.47. The molecule has 1 N–H and O–H groups in total. The lowest BCUT2D eigenvalue weighted by molar-refractivity contribution is 0.336. The van der Waals surface area contributed by atoms with E-state index >= 15 is 0 Å². The van der Waals surface area contributed by atoms with Gasteiger partial charge in [0.05, 0.1) is 5.69 Å². The molecule has 1 rings (SSSR count). The first-order valence-electron chi connectivity index (χ1n) is 5.89. The van der Waals surface area contributed by atoms with Gasteiger partial charge in [0, 0.05) is 12.2 Å². The molecule has 16 heavy (non-hydrogen) atoms. The van der Waals surface area contributed by atoms with Gasteiger partial charge in [0.2, 0.25) is 0 Å². The zero-order chi connectivity index (χ0) is 12.2. The minimum Gasteiger partial charge on any atom is -0.312 e. The number of nitrogens with one attached hydrogen (secondary N) is 1. The van der Waals surface area contributed by atoms with Crippen LogP contribution in [0.3, 0.4) is 0 Å². The second kappa shape index (κ2) is 5.39. The van der Waals surface area contributed by atoms with Gasteiger partial charge in [-0.1, -0.05) is 20.8 Å². The van der Waals surface area contributed by atoms with Crippen molar-refractivity contribution in [3.63, 3.8) is 0 Å². The number of aryl methyl sites for hydroxylation is 1. The summed E-state index contributed by atoms with van der Waals surface area (Å²) in [6.07, 6.45) is 4.12. The summed E-state index contributed by atoms with van der Waals surface area (Å²) in [7, 11) is 1.99. The van der Waals surface area contributed by atoms with E-state index in [1.54, 1.807) is 0 Å². The Labute approximate surface area is 98.7 Å². The van der Waals surface area contributed by atoms with Crippen LogP contribution in [0.4, 0.5) is 0 Å². The van der Waals surface area contributed by atoms with Crippen LogP contribution in [0.5, 0.6) is 0 Å². The summed E-state index contributed by atoms with van der Waals surface area (Å²) < 4.78 is 0. The van der Waals surface area contributed by atoms with Crippen LogP contribution in [0.15, 0.2) is 12.3 Å². The maximum atomic E-state index is 4.47. The van der Waals surface area contributed by atoms with Gasteiger partial charge in [0.15, 0.2) is 0 Å². The van der Waals surface area contributed by atoms with Gasteiger partial charge in [-0.05, 0) is 38.3 Å². The van der Waals surface area contributed by atoms with Crippen LogP contribution in [-0.2, 0) is 0 Å². The molecule has 0 bridgehead atoms. The fourth-order valence-corrected chi connectivity index (χ4v) is 1.69. The van der Waals surface area contributed by atoms with Gasteiger partial charge < -0.3 is 5.32 Å². The van der Waals surface area contributed by atoms with Gasteiger partial charge in [-0.15, -0.1) is 0 Å². The van der Waals surface area contributed by atoms with Crippen molar-refractivity contribution in [3.8, 4) is 0 Å². The minimum atomic E-state index is 0.334. The lowest BCUT2D eigenvalue weighted by Gasteiger charge is -2.22. The van der Waals surface area contributed by atoms with Gasteiger partial charge in [-0.25, -0.2) is 9.97 Å². The lowest BCUT2D eigenvalue weighted by atomic mass is 9.88. The number of nitrogens with zero attached hydrogens (tertiary/aromatic N) is 2. The van der Waals surface area contributed by atoms with Crippen molar-refractivity contribution >= 4 is 0 Å². The summed E-state index contributed by atoms with van der Waals surface area (Å²) in [6.45, 7) is 8.74. The highest BCUT2D eigenvalue weighted by Gasteiger charge is 2.16. The van der Waals surface area contributed by atoms with Crippen LogP contribution >= 0.6 is 0 Å². The van der Waals surface area contributed by atoms with Gasteiger partial charge >= 0.3 is 0 Å². The average Bonchev–Trinajstić information content (AvgIpc) is 2.17. The third kappa shape index (κ3) is 4.27. The summed E-state index contributed by atoms with van der Waals surface area (Å²) in [5.74, 6) is 0.841. The standard InChI is InChI=1S/C13H23N3/c1-10-15-9-7-12(16-10)11(14-5)6-8-13(2,3)4/h7,9,11,14H,6,8H2,1-5H3. The van der Waals surface area contributed by atoms with Crippen LogP contribution in [0.25, 0.3) is 0 Å². The molecule has 3 nitrogen and oxygen atoms in total. The SMILES string of the molecule is CNC(CCC(C)(C)C)c1ccnc(C)n1. The van der Waals surface area contributed by atoms with E-state index in [0.717, 1.165) is 17.9 Å². The third-order valence-corrected chi connectivity index (χ3v) is 2.69. The molecule has 1 unspecified atom stereocenters. The van der Waals surface area contributed by atoms with Gasteiger partial charge in [0.1, 0.15) is 5.82 Å². The molecule has 0 radical (unpaired) electrons. The summed E-state index contributed by atoms with van der Waals surface area (Å²) in [6, 6.07) is 2.33. The molecular weight excluding hydrogens is 198 g/mol. The van der Waals surface area contributed by atoms with Gasteiger partial charge in [0.25, 0.3) is 0 Å². The van der Waals surface area contributed by atoms with E-state index in [0.29, 0.717) is 11.5 Å². The van der Waals surface area contributed by atoms with Crippen molar-refractivity contribution in [3.05, 3.63) is 23.8 Å². The quantitative estimate of drug-likeness (QED) is 0.849. The van der Waals surface area contributed by atoms with Crippen LogP contribution in [0.2, 0.25) is 0 Å². The number of hydrogen-bond donors (Lipinski definition) is 1. The summed E-state index contributed by atoms with van der Waals surface area (Å²) in [5, 5.41) is 3.33. The van der Waals surface area contributed by atoms with Crippen molar-refractivity contribution in [2.75, 3.05) is 7.05 Å². The molecule has 0 aliphatic carbocycles. The molecule has 0 aromatic carbocycles.